The van der Waals surface area contributed by atoms with Crippen LogP contribution in [0.25, 0.3) is 86.5 Å². The SMILES string of the molecule is c1cc(-c2ccc(-c3ccc4c5ccccc5c5ccccc5c4c3)cc2)cc(-c2cccc(-c3nc4ccccc4s3)c2)c1. The first kappa shape index (κ1) is 25.9. The predicted molar refractivity (Wildman–Crippen MR) is 194 cm³/mol. The van der Waals surface area contributed by atoms with Gasteiger partial charge in [0.25, 0.3) is 0 Å². The Bertz CT molecular complexity index is 2470. The standard InChI is InChI=1S/C43H27NS/c1-2-15-37-35(13-1)36-14-3-4-16-38(36)40-27-33(23-24-39(37)40)29-21-19-28(20-22-29)30-9-7-10-31(25-30)32-11-8-12-34(26-32)43-44-41-17-5-6-18-42(41)45-43/h1-27H. The van der Waals surface area contributed by atoms with Crippen LogP contribution in [-0.4, -0.2) is 4.98 Å². The summed E-state index contributed by atoms with van der Waals surface area (Å²) < 4.78 is 1.22. The summed E-state index contributed by atoms with van der Waals surface area (Å²) in [5.74, 6) is 0. The summed E-state index contributed by atoms with van der Waals surface area (Å²) >= 11 is 1.74. The van der Waals surface area contributed by atoms with Gasteiger partial charge >= 0.3 is 0 Å². The number of fused-ring (bicyclic) bond motifs is 7. The highest BCUT2D eigenvalue weighted by molar-refractivity contribution is 7.21. The number of hydrogen-bond acceptors (Lipinski definition) is 2. The minimum absolute atomic E-state index is 1.05. The molecule has 0 bridgehead atoms. The van der Waals surface area contributed by atoms with E-state index in [-0.39, 0.29) is 0 Å². The first-order valence-corrected chi connectivity index (χ1v) is 16.1. The number of aromatic nitrogens is 1. The van der Waals surface area contributed by atoms with Gasteiger partial charge in [0.1, 0.15) is 5.01 Å². The summed E-state index contributed by atoms with van der Waals surface area (Å²) in [5, 5.41) is 8.87. The van der Waals surface area contributed by atoms with Crippen LogP contribution in [0.3, 0.4) is 0 Å². The molecule has 0 spiro atoms. The molecule has 0 amide bonds. The Balaban J connectivity index is 1.06. The second kappa shape index (κ2) is 10.6. The smallest absolute Gasteiger partial charge is 0.124 e. The highest BCUT2D eigenvalue weighted by Crippen LogP contribution is 2.38. The molecule has 0 aliphatic carbocycles. The summed E-state index contributed by atoms with van der Waals surface area (Å²) in [5.41, 5.74) is 9.47. The monoisotopic (exact) mass is 589 g/mol. The molecule has 9 aromatic rings. The van der Waals surface area contributed by atoms with Crippen molar-refractivity contribution in [2.24, 2.45) is 0 Å². The van der Waals surface area contributed by atoms with Crippen molar-refractivity contribution in [1.29, 1.82) is 0 Å². The second-order valence-corrected chi connectivity index (χ2v) is 12.6. The van der Waals surface area contributed by atoms with Crippen LogP contribution in [0.5, 0.6) is 0 Å². The van der Waals surface area contributed by atoms with Gasteiger partial charge in [-0.1, -0.05) is 133 Å². The summed E-state index contributed by atoms with van der Waals surface area (Å²) in [6, 6.07) is 59.3. The van der Waals surface area contributed by atoms with E-state index < -0.39 is 0 Å². The normalized spacial score (nSPS) is 11.6. The molecule has 0 aliphatic heterocycles. The molecule has 2 heteroatoms. The minimum Gasteiger partial charge on any atom is -0.236 e. The fourth-order valence-corrected chi connectivity index (χ4v) is 7.61. The van der Waals surface area contributed by atoms with E-state index in [1.807, 2.05) is 6.07 Å². The molecule has 1 heterocycles. The zero-order chi connectivity index (χ0) is 29.7. The third-order valence-electron chi connectivity index (χ3n) is 8.90. The quantitative estimate of drug-likeness (QED) is 0.186. The van der Waals surface area contributed by atoms with Crippen LogP contribution < -0.4 is 0 Å². The molecule has 210 valence electrons. The lowest BCUT2D eigenvalue weighted by Crippen LogP contribution is -1.86. The van der Waals surface area contributed by atoms with E-state index in [0.717, 1.165) is 16.1 Å². The third-order valence-corrected chi connectivity index (χ3v) is 9.98. The van der Waals surface area contributed by atoms with Crippen molar-refractivity contribution in [2.75, 3.05) is 0 Å². The second-order valence-electron chi connectivity index (χ2n) is 11.6. The molecular weight excluding hydrogens is 563 g/mol. The molecule has 0 fully saturated rings. The van der Waals surface area contributed by atoms with Crippen LogP contribution >= 0.6 is 11.3 Å². The zero-order valence-electron chi connectivity index (χ0n) is 24.4. The number of hydrogen-bond donors (Lipinski definition) is 0. The number of rotatable bonds is 4. The lowest BCUT2D eigenvalue weighted by atomic mass is 9.91. The lowest BCUT2D eigenvalue weighted by Gasteiger charge is -2.12. The minimum atomic E-state index is 1.05. The van der Waals surface area contributed by atoms with E-state index in [9.17, 15) is 0 Å². The van der Waals surface area contributed by atoms with Crippen molar-refractivity contribution in [3.8, 4) is 44.0 Å². The van der Waals surface area contributed by atoms with E-state index in [1.54, 1.807) is 11.3 Å². The summed E-state index contributed by atoms with van der Waals surface area (Å²) in [6.07, 6.45) is 0. The molecule has 1 aromatic heterocycles. The maximum Gasteiger partial charge on any atom is 0.124 e. The molecule has 0 saturated carbocycles. The first-order chi connectivity index (χ1) is 22.3. The lowest BCUT2D eigenvalue weighted by molar-refractivity contribution is 1.47. The van der Waals surface area contributed by atoms with Crippen LogP contribution in [-0.2, 0) is 0 Å². The maximum atomic E-state index is 4.88. The fraction of sp³-hybridized carbons (Fsp3) is 0. The third kappa shape index (κ3) is 4.50. The van der Waals surface area contributed by atoms with Gasteiger partial charge in [0.2, 0.25) is 0 Å². The van der Waals surface area contributed by atoms with E-state index >= 15 is 0 Å². The van der Waals surface area contributed by atoms with E-state index in [1.165, 1.54) is 70.4 Å². The molecule has 1 nitrogen and oxygen atoms in total. The number of para-hydroxylation sites is 1. The molecule has 9 rings (SSSR count). The number of nitrogens with zero attached hydrogens (tertiary/aromatic N) is 1. The Hall–Kier alpha value is -5.57. The molecule has 8 aromatic carbocycles. The molecule has 0 aliphatic rings. The summed E-state index contributed by atoms with van der Waals surface area (Å²) in [6.45, 7) is 0. The van der Waals surface area contributed by atoms with Crippen LogP contribution in [0.4, 0.5) is 0 Å². The van der Waals surface area contributed by atoms with Gasteiger partial charge in [0.15, 0.2) is 0 Å². The highest BCUT2D eigenvalue weighted by atomic mass is 32.1. The van der Waals surface area contributed by atoms with E-state index in [2.05, 4.69) is 158 Å². The highest BCUT2D eigenvalue weighted by Gasteiger charge is 2.11. The Morgan fingerprint density at radius 1 is 0.311 bits per heavy atom. The Kier molecular flexibility index (Phi) is 6.07. The molecule has 0 N–H and O–H groups in total. The molecular formula is C43H27NS. The van der Waals surface area contributed by atoms with Crippen molar-refractivity contribution in [3.63, 3.8) is 0 Å². The topological polar surface area (TPSA) is 12.9 Å². The van der Waals surface area contributed by atoms with Crippen molar-refractivity contribution in [2.45, 2.75) is 0 Å². The van der Waals surface area contributed by atoms with Gasteiger partial charge in [0, 0.05) is 5.56 Å². The molecule has 0 unspecified atom stereocenters. The van der Waals surface area contributed by atoms with Crippen molar-refractivity contribution in [1.82, 2.24) is 4.98 Å². The van der Waals surface area contributed by atoms with E-state index in [4.69, 9.17) is 4.98 Å². The Morgan fingerprint density at radius 2 is 0.756 bits per heavy atom. The van der Waals surface area contributed by atoms with Gasteiger partial charge in [-0.2, -0.15) is 0 Å². The average molecular weight is 590 g/mol. The van der Waals surface area contributed by atoms with Gasteiger partial charge in [-0.15, -0.1) is 11.3 Å². The fourth-order valence-electron chi connectivity index (χ4n) is 6.65. The summed E-state index contributed by atoms with van der Waals surface area (Å²) in [7, 11) is 0. The van der Waals surface area contributed by atoms with Crippen molar-refractivity contribution >= 4 is 53.9 Å². The molecule has 0 atom stereocenters. The maximum absolute atomic E-state index is 4.88. The molecule has 45 heavy (non-hydrogen) atoms. The van der Waals surface area contributed by atoms with Gasteiger partial charge in [-0.3, -0.25) is 0 Å². The van der Waals surface area contributed by atoms with Gasteiger partial charge in [0.05, 0.1) is 10.2 Å². The van der Waals surface area contributed by atoms with Gasteiger partial charge in [-0.25, -0.2) is 4.98 Å². The van der Waals surface area contributed by atoms with E-state index in [0.29, 0.717) is 0 Å². The van der Waals surface area contributed by atoms with Crippen molar-refractivity contribution < 1.29 is 0 Å². The summed E-state index contributed by atoms with van der Waals surface area (Å²) in [4.78, 5) is 4.88. The number of thiazole rings is 1. The Morgan fingerprint density at radius 3 is 1.38 bits per heavy atom. The van der Waals surface area contributed by atoms with Gasteiger partial charge in [-0.05, 0) is 96.0 Å². The predicted octanol–water partition coefficient (Wildman–Crippen LogP) is 12.4. The molecule has 0 saturated heterocycles. The first-order valence-electron chi connectivity index (χ1n) is 15.3. The molecule has 0 radical (unpaired) electrons. The largest absolute Gasteiger partial charge is 0.236 e. The average Bonchev–Trinajstić information content (AvgIpc) is 3.57. The zero-order valence-corrected chi connectivity index (χ0v) is 25.3. The van der Waals surface area contributed by atoms with Crippen LogP contribution in [0.15, 0.2) is 164 Å². The Labute approximate surface area is 265 Å². The van der Waals surface area contributed by atoms with Crippen LogP contribution in [0.1, 0.15) is 0 Å². The van der Waals surface area contributed by atoms with Crippen LogP contribution in [0.2, 0.25) is 0 Å². The van der Waals surface area contributed by atoms with Crippen molar-refractivity contribution in [3.05, 3.63) is 164 Å². The number of benzene rings is 8. The van der Waals surface area contributed by atoms with Crippen LogP contribution in [0, 0.1) is 0 Å². The van der Waals surface area contributed by atoms with Gasteiger partial charge < -0.3 is 0 Å².